The van der Waals surface area contributed by atoms with Crippen molar-refractivity contribution in [2.45, 2.75) is 36.5 Å². The molecule has 1 saturated heterocycles. The van der Waals surface area contributed by atoms with Crippen LogP contribution < -0.4 is 4.74 Å². The van der Waals surface area contributed by atoms with Crippen molar-refractivity contribution in [2.75, 3.05) is 13.6 Å². The standard InChI is InChI=1S/C17H19NO3.Sn.4H/c1-18-7-6-17-10-3-5-13(20)16(17)21-15-12(19)4-2-9(14(15)17)8-11(10)18;;;;;/h2-5,10-11,13,16,19-20H,6-8H2,1H3;;;;;/t10-,11+,13-,16-,17-;;;;;/m0...../s1. The molecule has 2 N–H and O–H groups in total. The van der Waals surface area contributed by atoms with Crippen LogP contribution in [-0.4, -0.2) is 70.9 Å². The molecular formula is C17H23NO3Sn. The average Bonchev–Trinajstić information content (AvgIpc) is 2.83. The van der Waals surface area contributed by atoms with E-state index in [0.717, 1.165) is 19.4 Å². The molecule has 0 amide bonds. The molecule has 5 rings (SSSR count). The minimum atomic E-state index is -0.594. The van der Waals surface area contributed by atoms with E-state index in [9.17, 15) is 10.2 Å². The Labute approximate surface area is 146 Å². The number of nitrogens with zero attached hydrogens (tertiary/aromatic N) is 1. The topological polar surface area (TPSA) is 52.9 Å². The number of piperidine rings is 1. The SMILES string of the molecule is CN1CC[C@]23c4c5ccc(O)c4O[C@H]2[C@@H](O)C=C[C@H]3[C@H]1C5.[SnH4]. The van der Waals surface area contributed by atoms with E-state index < -0.39 is 6.10 Å². The van der Waals surface area contributed by atoms with Gasteiger partial charge in [0.1, 0.15) is 12.2 Å². The molecule has 1 aromatic rings. The van der Waals surface area contributed by atoms with Gasteiger partial charge in [-0.15, -0.1) is 0 Å². The van der Waals surface area contributed by atoms with Crippen molar-refractivity contribution in [3.63, 3.8) is 0 Å². The average molecular weight is 408 g/mol. The van der Waals surface area contributed by atoms with Gasteiger partial charge in [-0.05, 0) is 38.1 Å². The Morgan fingerprint density at radius 2 is 2.14 bits per heavy atom. The molecule has 1 fully saturated rings. The number of aliphatic hydroxyl groups excluding tert-OH is 1. The van der Waals surface area contributed by atoms with Crippen LogP contribution in [0.3, 0.4) is 0 Å². The second-order valence-corrected chi connectivity index (χ2v) is 6.93. The summed E-state index contributed by atoms with van der Waals surface area (Å²) in [5, 5.41) is 20.6. The predicted octanol–water partition coefficient (Wildman–Crippen LogP) is -0.254. The van der Waals surface area contributed by atoms with Crippen LogP contribution in [0.1, 0.15) is 17.5 Å². The number of likely N-dealkylation sites (tertiary alicyclic amines) is 1. The van der Waals surface area contributed by atoms with Crippen LogP contribution in [-0.2, 0) is 11.8 Å². The molecule has 1 aromatic carbocycles. The summed E-state index contributed by atoms with van der Waals surface area (Å²) in [5.74, 6) is 1.19. The summed E-state index contributed by atoms with van der Waals surface area (Å²) in [4.78, 5) is 2.43. The molecular weight excluding hydrogens is 385 g/mol. The quantitative estimate of drug-likeness (QED) is 0.460. The van der Waals surface area contributed by atoms with Gasteiger partial charge in [-0.1, -0.05) is 18.2 Å². The van der Waals surface area contributed by atoms with Gasteiger partial charge in [0.15, 0.2) is 11.5 Å². The van der Waals surface area contributed by atoms with Crippen molar-refractivity contribution < 1.29 is 14.9 Å². The monoisotopic (exact) mass is 409 g/mol. The first-order valence-electron chi connectivity index (χ1n) is 7.71. The summed E-state index contributed by atoms with van der Waals surface area (Å²) in [7, 11) is 2.19. The Hall–Kier alpha value is -0.721. The fourth-order valence-electron chi connectivity index (χ4n) is 5.24. The number of phenolic OH excluding ortho intramolecular Hbond substituents is 1. The Morgan fingerprint density at radius 1 is 1.32 bits per heavy atom. The maximum absolute atomic E-state index is 10.4. The van der Waals surface area contributed by atoms with Crippen molar-refractivity contribution >= 4 is 23.9 Å². The molecule has 2 aliphatic heterocycles. The van der Waals surface area contributed by atoms with Gasteiger partial charge in [0.2, 0.25) is 0 Å². The molecule has 0 radical (unpaired) electrons. The Kier molecular flexibility index (Phi) is 3.13. The predicted molar refractivity (Wildman–Crippen MR) is 88.9 cm³/mol. The molecule has 0 saturated carbocycles. The molecule has 22 heavy (non-hydrogen) atoms. The molecule has 0 unspecified atom stereocenters. The van der Waals surface area contributed by atoms with Gasteiger partial charge in [0.25, 0.3) is 0 Å². The van der Waals surface area contributed by atoms with Crippen molar-refractivity contribution in [1.29, 1.82) is 0 Å². The molecule has 0 aromatic heterocycles. The summed E-state index contributed by atoms with van der Waals surface area (Å²) in [6, 6.07) is 4.23. The van der Waals surface area contributed by atoms with Crippen LogP contribution in [0.15, 0.2) is 24.3 Å². The fourth-order valence-corrected chi connectivity index (χ4v) is 5.24. The van der Waals surface area contributed by atoms with E-state index in [1.54, 1.807) is 6.07 Å². The van der Waals surface area contributed by atoms with Crippen LogP contribution in [0, 0.1) is 5.92 Å². The van der Waals surface area contributed by atoms with Gasteiger partial charge in [-0.3, -0.25) is 0 Å². The first-order valence-corrected chi connectivity index (χ1v) is 7.71. The Morgan fingerprint density at radius 3 is 2.95 bits per heavy atom. The number of phenols is 1. The van der Waals surface area contributed by atoms with Crippen molar-refractivity contribution in [3.05, 3.63) is 35.4 Å². The van der Waals surface area contributed by atoms with Gasteiger partial charge < -0.3 is 19.8 Å². The summed E-state index contributed by atoms with van der Waals surface area (Å²) in [6.45, 7) is 1.01. The minimum absolute atomic E-state index is 0. The van der Waals surface area contributed by atoms with Crippen LogP contribution in [0.5, 0.6) is 11.5 Å². The van der Waals surface area contributed by atoms with E-state index in [2.05, 4.69) is 18.0 Å². The molecule has 4 nitrogen and oxygen atoms in total. The van der Waals surface area contributed by atoms with Gasteiger partial charge >= 0.3 is 23.9 Å². The molecule has 5 atom stereocenters. The van der Waals surface area contributed by atoms with Crippen LogP contribution in [0.2, 0.25) is 0 Å². The van der Waals surface area contributed by atoms with E-state index in [0.29, 0.717) is 17.7 Å². The molecule has 2 aliphatic carbocycles. The number of rotatable bonds is 0. The normalized spacial score (nSPS) is 40.6. The zero-order chi connectivity index (χ0) is 14.4. The van der Waals surface area contributed by atoms with E-state index >= 15 is 0 Å². The van der Waals surface area contributed by atoms with Crippen molar-refractivity contribution in [2.24, 2.45) is 5.92 Å². The second kappa shape index (κ2) is 4.65. The Bertz CT molecular complexity index is 676. The molecule has 4 aliphatic rings. The molecule has 5 heteroatoms. The summed E-state index contributed by atoms with van der Waals surface area (Å²) < 4.78 is 6.09. The van der Waals surface area contributed by atoms with Crippen LogP contribution in [0.4, 0.5) is 0 Å². The first kappa shape index (κ1) is 14.8. The number of likely N-dealkylation sites (N-methyl/N-ethyl adjacent to an activating group) is 1. The second-order valence-electron chi connectivity index (χ2n) is 6.93. The van der Waals surface area contributed by atoms with Gasteiger partial charge in [-0.2, -0.15) is 0 Å². The molecule has 1 spiro atoms. The number of hydrogen-bond acceptors (Lipinski definition) is 4. The number of ether oxygens (including phenoxy) is 1. The molecule has 118 valence electrons. The zero-order valence-corrected chi connectivity index (χ0v) is 12.0. The molecule has 2 bridgehead atoms. The maximum atomic E-state index is 10.4. The van der Waals surface area contributed by atoms with E-state index in [1.807, 2.05) is 12.1 Å². The third kappa shape index (κ3) is 1.51. The third-order valence-corrected chi connectivity index (χ3v) is 6.15. The fraction of sp³-hybridized carbons (Fsp3) is 0.529. The third-order valence-electron chi connectivity index (χ3n) is 6.15. The van der Waals surface area contributed by atoms with Crippen molar-refractivity contribution in [1.82, 2.24) is 4.90 Å². The summed E-state index contributed by atoms with van der Waals surface area (Å²) in [6.07, 6.45) is 5.18. The first-order chi connectivity index (χ1) is 10.1. The Balaban J connectivity index is 0.00000125. The molecule has 2 heterocycles. The van der Waals surface area contributed by atoms with E-state index in [1.165, 1.54) is 11.1 Å². The summed E-state index contributed by atoms with van der Waals surface area (Å²) in [5.41, 5.74) is 2.29. The number of aromatic hydroxyl groups is 1. The number of aliphatic hydroxyl groups is 1. The van der Waals surface area contributed by atoms with Gasteiger partial charge in [0, 0.05) is 22.9 Å². The van der Waals surface area contributed by atoms with E-state index in [4.69, 9.17) is 4.74 Å². The number of benzene rings is 1. The van der Waals surface area contributed by atoms with Gasteiger partial charge in [0.05, 0.1) is 0 Å². The summed E-state index contributed by atoms with van der Waals surface area (Å²) >= 11 is 0. The van der Waals surface area contributed by atoms with Crippen LogP contribution in [0.25, 0.3) is 0 Å². The zero-order valence-electron chi connectivity index (χ0n) is 12.0. The number of hydrogen-bond donors (Lipinski definition) is 2. The van der Waals surface area contributed by atoms with Gasteiger partial charge in [-0.25, -0.2) is 0 Å². The van der Waals surface area contributed by atoms with E-state index in [-0.39, 0.29) is 41.2 Å². The van der Waals surface area contributed by atoms with Crippen molar-refractivity contribution in [3.8, 4) is 11.5 Å². The van der Waals surface area contributed by atoms with Crippen LogP contribution >= 0.6 is 0 Å².